The summed E-state index contributed by atoms with van der Waals surface area (Å²) in [5.74, 6) is -0.934. The molecule has 0 aromatic rings. The van der Waals surface area contributed by atoms with Crippen molar-refractivity contribution in [2.24, 2.45) is 0 Å². The first-order chi connectivity index (χ1) is 8.25. The largest absolute Gasteiger partial charge is 0.374 e. The lowest BCUT2D eigenvalue weighted by Gasteiger charge is -2.27. The summed E-state index contributed by atoms with van der Waals surface area (Å²) in [4.78, 5) is 13.7. The number of likely N-dealkylation sites (tertiary alicyclic amines) is 1. The van der Waals surface area contributed by atoms with Gasteiger partial charge in [0.1, 0.15) is 0 Å². The van der Waals surface area contributed by atoms with Crippen molar-refractivity contribution in [1.29, 1.82) is 0 Å². The zero-order valence-electron chi connectivity index (χ0n) is 9.75. The molecule has 5 heteroatoms. The number of hydrogen-bond acceptors (Lipinski definition) is 3. The molecule has 0 radical (unpaired) electrons. The maximum absolute atomic E-state index is 14.1. The summed E-state index contributed by atoms with van der Waals surface area (Å²) in [6.07, 6.45) is 2.30. The highest BCUT2D eigenvalue weighted by molar-refractivity contribution is 5.92. The molecule has 94 valence electrons. The summed E-state index contributed by atoms with van der Waals surface area (Å²) in [5.41, 5.74) is 0.678. The third-order valence-electron chi connectivity index (χ3n) is 3.87. The number of piperidine rings is 1. The monoisotopic (exact) mass is 240 g/mol. The van der Waals surface area contributed by atoms with Gasteiger partial charge in [-0.05, 0) is 37.9 Å². The van der Waals surface area contributed by atoms with E-state index in [0.29, 0.717) is 31.6 Å². The Kier molecular flexibility index (Phi) is 2.88. The number of rotatable bonds is 1. The van der Waals surface area contributed by atoms with Crippen LogP contribution in [0.3, 0.4) is 0 Å². The highest BCUT2D eigenvalue weighted by Gasteiger charge is 2.42. The Bertz CT molecular complexity index is 362. The molecule has 3 aliphatic heterocycles. The number of ether oxygens (including phenoxy) is 1. The van der Waals surface area contributed by atoms with Gasteiger partial charge in [0.05, 0.1) is 18.8 Å². The third kappa shape index (κ3) is 1.98. The lowest BCUT2D eigenvalue weighted by Crippen LogP contribution is -2.42. The molecule has 0 aromatic heterocycles. The topological polar surface area (TPSA) is 41.6 Å². The molecule has 17 heavy (non-hydrogen) atoms. The van der Waals surface area contributed by atoms with Crippen LogP contribution in [0.2, 0.25) is 0 Å². The second-order valence-electron chi connectivity index (χ2n) is 4.97. The zero-order valence-corrected chi connectivity index (χ0v) is 9.75. The van der Waals surface area contributed by atoms with E-state index in [2.05, 4.69) is 5.32 Å². The van der Waals surface area contributed by atoms with Crippen LogP contribution in [-0.2, 0) is 9.53 Å². The molecule has 0 aliphatic carbocycles. The smallest absolute Gasteiger partial charge is 0.282 e. The molecule has 3 saturated heterocycles. The Morgan fingerprint density at radius 3 is 2.76 bits per heavy atom. The van der Waals surface area contributed by atoms with Crippen LogP contribution < -0.4 is 5.32 Å². The minimum absolute atomic E-state index is 0.0977. The normalized spacial score (nSPS) is 32.1. The first kappa shape index (κ1) is 11.2. The minimum atomic E-state index is -0.515. The molecule has 2 atom stereocenters. The number of amides is 1. The fraction of sp³-hybridized carbons (Fsp3) is 0.750. The molecule has 1 amide bonds. The molecule has 3 fully saturated rings. The molecule has 2 bridgehead atoms. The van der Waals surface area contributed by atoms with Gasteiger partial charge >= 0.3 is 0 Å². The quantitative estimate of drug-likeness (QED) is 0.682. The highest BCUT2D eigenvalue weighted by Crippen LogP contribution is 2.30. The van der Waals surface area contributed by atoms with Crippen LogP contribution >= 0.6 is 0 Å². The first-order valence-corrected chi connectivity index (χ1v) is 6.26. The van der Waals surface area contributed by atoms with E-state index in [1.165, 1.54) is 0 Å². The number of carbonyl (C=O) groups excluding carboxylic acids is 1. The van der Waals surface area contributed by atoms with Gasteiger partial charge in [0, 0.05) is 6.54 Å². The molecule has 0 aromatic carbocycles. The molecule has 0 spiro atoms. The van der Waals surface area contributed by atoms with E-state index in [4.69, 9.17) is 4.74 Å². The molecule has 3 heterocycles. The second kappa shape index (κ2) is 4.38. The number of morpholine rings is 1. The summed E-state index contributed by atoms with van der Waals surface area (Å²) in [7, 11) is 0. The molecule has 3 rings (SSSR count). The van der Waals surface area contributed by atoms with E-state index < -0.39 is 11.7 Å². The van der Waals surface area contributed by atoms with Gasteiger partial charge < -0.3 is 15.0 Å². The molecule has 0 unspecified atom stereocenters. The van der Waals surface area contributed by atoms with Crippen LogP contribution in [-0.4, -0.2) is 49.2 Å². The van der Waals surface area contributed by atoms with Crippen molar-refractivity contribution in [1.82, 2.24) is 10.2 Å². The number of nitrogens with one attached hydrogen (secondary N) is 1. The van der Waals surface area contributed by atoms with Gasteiger partial charge in [-0.25, -0.2) is 4.39 Å². The van der Waals surface area contributed by atoms with Crippen LogP contribution in [0, 0.1) is 0 Å². The highest BCUT2D eigenvalue weighted by atomic mass is 19.1. The summed E-state index contributed by atoms with van der Waals surface area (Å²) >= 11 is 0. The summed E-state index contributed by atoms with van der Waals surface area (Å²) in [6, 6.07) is 0.0977. The minimum Gasteiger partial charge on any atom is -0.374 e. The maximum Gasteiger partial charge on any atom is 0.282 e. The van der Waals surface area contributed by atoms with Gasteiger partial charge in [0.15, 0.2) is 5.83 Å². The second-order valence-corrected chi connectivity index (χ2v) is 4.97. The summed E-state index contributed by atoms with van der Waals surface area (Å²) in [6.45, 7) is 2.67. The number of nitrogens with zero attached hydrogens (tertiary/aromatic N) is 1. The van der Waals surface area contributed by atoms with E-state index in [1.54, 1.807) is 4.90 Å². The number of carbonyl (C=O) groups is 1. The lowest BCUT2D eigenvalue weighted by molar-refractivity contribution is -0.133. The Labute approximate surface area is 99.8 Å². The van der Waals surface area contributed by atoms with Gasteiger partial charge in [-0.2, -0.15) is 0 Å². The fourth-order valence-electron chi connectivity index (χ4n) is 2.87. The first-order valence-electron chi connectivity index (χ1n) is 6.26. The molecule has 1 N–H and O–H groups in total. The Morgan fingerprint density at radius 2 is 2.18 bits per heavy atom. The van der Waals surface area contributed by atoms with Gasteiger partial charge in [0.2, 0.25) is 0 Å². The molecular formula is C12H17FN2O2. The maximum atomic E-state index is 14.1. The van der Waals surface area contributed by atoms with Gasteiger partial charge in [0.25, 0.3) is 5.91 Å². The number of hydrogen-bond donors (Lipinski definition) is 1. The van der Waals surface area contributed by atoms with Crippen LogP contribution in [0.4, 0.5) is 4.39 Å². The van der Waals surface area contributed by atoms with Crippen molar-refractivity contribution >= 4 is 5.91 Å². The van der Waals surface area contributed by atoms with Crippen LogP contribution in [0.1, 0.15) is 19.3 Å². The molecule has 4 nitrogen and oxygen atoms in total. The standard InChI is InChI=1S/C12H17FN2O2/c13-11(8-1-3-14-4-2-8)12(16)15-6-10-5-9(15)7-17-10/h9-10,14H,1-7H2/t9-,10-/m0/s1. The lowest BCUT2D eigenvalue weighted by atomic mass is 10.0. The molecule has 3 aliphatic rings. The average molecular weight is 240 g/mol. The van der Waals surface area contributed by atoms with E-state index >= 15 is 0 Å². The summed E-state index contributed by atoms with van der Waals surface area (Å²) < 4.78 is 19.5. The van der Waals surface area contributed by atoms with Gasteiger partial charge in [-0.1, -0.05) is 0 Å². The number of fused-ring (bicyclic) bond motifs is 2. The average Bonchev–Trinajstić information content (AvgIpc) is 3.00. The van der Waals surface area contributed by atoms with Crippen LogP contribution in [0.15, 0.2) is 11.4 Å². The predicted molar refractivity (Wildman–Crippen MR) is 60.1 cm³/mol. The van der Waals surface area contributed by atoms with Crippen LogP contribution in [0.25, 0.3) is 0 Å². The zero-order chi connectivity index (χ0) is 11.8. The van der Waals surface area contributed by atoms with E-state index in [1.807, 2.05) is 0 Å². The Morgan fingerprint density at radius 1 is 1.41 bits per heavy atom. The van der Waals surface area contributed by atoms with Crippen molar-refractivity contribution in [3.05, 3.63) is 11.4 Å². The molecule has 0 saturated carbocycles. The third-order valence-corrected chi connectivity index (χ3v) is 3.87. The Hall–Kier alpha value is -0.940. The number of halogens is 1. The van der Waals surface area contributed by atoms with Gasteiger partial charge in [-0.3, -0.25) is 4.79 Å². The van der Waals surface area contributed by atoms with Crippen molar-refractivity contribution in [3.63, 3.8) is 0 Å². The van der Waals surface area contributed by atoms with E-state index in [9.17, 15) is 9.18 Å². The van der Waals surface area contributed by atoms with E-state index in [-0.39, 0.29) is 12.1 Å². The van der Waals surface area contributed by atoms with Crippen molar-refractivity contribution in [2.45, 2.75) is 31.4 Å². The molecular weight excluding hydrogens is 223 g/mol. The predicted octanol–water partition coefficient (Wildman–Crippen LogP) is 0.593. The van der Waals surface area contributed by atoms with Crippen molar-refractivity contribution in [2.75, 3.05) is 26.2 Å². The summed E-state index contributed by atoms with van der Waals surface area (Å²) in [5, 5.41) is 3.16. The Balaban J connectivity index is 1.73. The van der Waals surface area contributed by atoms with E-state index in [0.717, 1.165) is 19.5 Å². The van der Waals surface area contributed by atoms with Crippen molar-refractivity contribution in [3.8, 4) is 0 Å². The van der Waals surface area contributed by atoms with Crippen molar-refractivity contribution < 1.29 is 13.9 Å². The van der Waals surface area contributed by atoms with Crippen LogP contribution in [0.5, 0.6) is 0 Å². The fourth-order valence-corrected chi connectivity index (χ4v) is 2.87. The van der Waals surface area contributed by atoms with Gasteiger partial charge in [-0.15, -0.1) is 0 Å². The SMILES string of the molecule is O=C(C(F)=C1CCNCC1)N1C[C@@H]2C[C@H]1CO2.